The zero-order valence-corrected chi connectivity index (χ0v) is 7.84. The topological polar surface area (TPSA) is 17.1 Å². The van der Waals surface area contributed by atoms with Gasteiger partial charge >= 0.3 is 0 Å². The van der Waals surface area contributed by atoms with Crippen LogP contribution in [0.1, 0.15) is 33.1 Å². The van der Waals surface area contributed by atoms with E-state index in [4.69, 9.17) is 0 Å². The maximum Gasteiger partial charge on any atom is 0.137 e. The molecule has 1 nitrogen and oxygen atoms in total. The maximum absolute atomic E-state index is 11.6. The normalized spacial score (nSPS) is 61.7. The smallest absolute Gasteiger partial charge is 0.137 e. The van der Waals surface area contributed by atoms with E-state index in [2.05, 4.69) is 13.8 Å². The summed E-state index contributed by atoms with van der Waals surface area (Å²) in [7, 11) is 0. The predicted octanol–water partition coefficient (Wildman–Crippen LogP) is 2.26. The van der Waals surface area contributed by atoms with Gasteiger partial charge in [0.05, 0.1) is 0 Å². The minimum atomic E-state index is 0.407. The van der Waals surface area contributed by atoms with E-state index in [1.165, 1.54) is 12.8 Å². The summed E-state index contributed by atoms with van der Waals surface area (Å²) in [6.45, 7) is 4.68. The first-order valence-corrected chi connectivity index (χ1v) is 5.17. The summed E-state index contributed by atoms with van der Waals surface area (Å²) in [5, 5.41) is 0. The fourth-order valence-corrected chi connectivity index (χ4v) is 3.96. The van der Waals surface area contributed by atoms with E-state index in [1.807, 2.05) is 0 Å². The quantitative estimate of drug-likeness (QED) is 0.536. The molecule has 3 saturated carbocycles. The van der Waals surface area contributed by atoms with Gasteiger partial charge in [0.25, 0.3) is 0 Å². The Labute approximate surface area is 73.5 Å². The minimum absolute atomic E-state index is 0.407. The van der Waals surface area contributed by atoms with Crippen LogP contribution < -0.4 is 0 Å². The molecule has 3 aliphatic carbocycles. The van der Waals surface area contributed by atoms with Crippen molar-refractivity contribution in [3.63, 3.8) is 0 Å². The van der Waals surface area contributed by atoms with Gasteiger partial charge in [-0.3, -0.25) is 4.79 Å². The van der Waals surface area contributed by atoms with Crippen molar-refractivity contribution in [1.29, 1.82) is 0 Å². The van der Waals surface area contributed by atoms with Crippen LogP contribution in [0, 0.1) is 29.1 Å². The summed E-state index contributed by atoms with van der Waals surface area (Å²) in [4.78, 5) is 11.6. The van der Waals surface area contributed by atoms with Crippen LogP contribution in [0.2, 0.25) is 0 Å². The van der Waals surface area contributed by atoms with E-state index in [9.17, 15) is 4.79 Å². The van der Waals surface area contributed by atoms with Crippen LogP contribution in [-0.4, -0.2) is 5.78 Å². The molecule has 0 bridgehead atoms. The van der Waals surface area contributed by atoms with E-state index in [0.717, 1.165) is 24.2 Å². The number of fused-ring (bicyclic) bond motifs is 1. The number of rotatable bonds is 0. The molecule has 12 heavy (non-hydrogen) atoms. The third-order valence-electron chi connectivity index (χ3n) is 4.92. The molecule has 1 heteroatoms. The third-order valence-corrected chi connectivity index (χ3v) is 4.92. The Morgan fingerprint density at radius 1 is 1.42 bits per heavy atom. The lowest BCUT2D eigenvalue weighted by Crippen LogP contribution is -2.31. The molecule has 0 aliphatic heterocycles. The molecule has 0 aromatic rings. The Hall–Kier alpha value is -0.330. The number of carbonyl (C=O) groups excluding carboxylic acids is 1. The molecule has 0 amide bonds. The molecule has 0 saturated heterocycles. The molecule has 66 valence electrons. The van der Waals surface area contributed by atoms with Gasteiger partial charge < -0.3 is 0 Å². The first-order chi connectivity index (χ1) is 5.64. The zero-order chi connectivity index (χ0) is 8.51. The van der Waals surface area contributed by atoms with Crippen molar-refractivity contribution >= 4 is 5.78 Å². The molecular formula is C11H16O. The molecule has 5 atom stereocenters. The molecule has 3 aliphatic rings. The standard InChI is InChI=1S/C11H16O/c1-6-3-4-7-9-8(12)5-11(6,2)10(7)9/h6-7,9-10H,3-5H2,1-2H3/t6?,7?,9?,10-,11-/m1/s1. The first-order valence-electron chi connectivity index (χ1n) is 5.17. The average molecular weight is 164 g/mol. The molecular weight excluding hydrogens is 148 g/mol. The van der Waals surface area contributed by atoms with Gasteiger partial charge in [-0.15, -0.1) is 0 Å². The lowest BCUT2D eigenvalue weighted by molar-refractivity contribution is -0.121. The first kappa shape index (κ1) is 7.11. The van der Waals surface area contributed by atoms with E-state index in [1.54, 1.807) is 0 Å². The SMILES string of the molecule is CC1CCC2C3C(=O)C[C@@]1(C)[C@H]23. The van der Waals surface area contributed by atoms with Gasteiger partial charge in [0.1, 0.15) is 5.78 Å². The highest BCUT2D eigenvalue weighted by atomic mass is 16.1. The lowest BCUT2D eigenvalue weighted by atomic mass is 9.67. The Morgan fingerprint density at radius 3 is 2.83 bits per heavy atom. The number of hydrogen-bond acceptors (Lipinski definition) is 1. The van der Waals surface area contributed by atoms with Gasteiger partial charge in [0, 0.05) is 12.3 Å². The van der Waals surface area contributed by atoms with Crippen LogP contribution in [0.15, 0.2) is 0 Å². The third kappa shape index (κ3) is 0.571. The molecule has 0 heterocycles. The van der Waals surface area contributed by atoms with Crippen LogP contribution in [0.25, 0.3) is 0 Å². The van der Waals surface area contributed by atoms with Crippen LogP contribution in [-0.2, 0) is 4.79 Å². The van der Waals surface area contributed by atoms with Gasteiger partial charge in [-0.2, -0.15) is 0 Å². The fraction of sp³-hybridized carbons (Fsp3) is 0.909. The van der Waals surface area contributed by atoms with Crippen molar-refractivity contribution in [1.82, 2.24) is 0 Å². The van der Waals surface area contributed by atoms with Gasteiger partial charge in [0.2, 0.25) is 0 Å². The second-order valence-electron chi connectivity index (χ2n) is 5.34. The van der Waals surface area contributed by atoms with Crippen LogP contribution in [0.3, 0.4) is 0 Å². The van der Waals surface area contributed by atoms with Crippen molar-refractivity contribution in [2.75, 3.05) is 0 Å². The van der Waals surface area contributed by atoms with Crippen LogP contribution in [0.5, 0.6) is 0 Å². The summed E-state index contributed by atoms with van der Waals surface area (Å²) in [5.41, 5.74) is 0.407. The lowest BCUT2D eigenvalue weighted by Gasteiger charge is -2.37. The Balaban J connectivity index is 2.02. The summed E-state index contributed by atoms with van der Waals surface area (Å²) < 4.78 is 0. The maximum atomic E-state index is 11.6. The molecule has 0 radical (unpaired) electrons. The zero-order valence-electron chi connectivity index (χ0n) is 7.84. The van der Waals surface area contributed by atoms with E-state index >= 15 is 0 Å². The second kappa shape index (κ2) is 1.78. The van der Waals surface area contributed by atoms with Crippen molar-refractivity contribution in [2.45, 2.75) is 33.1 Å². The number of carbonyl (C=O) groups is 1. The largest absolute Gasteiger partial charge is 0.299 e. The molecule has 0 spiro atoms. The van der Waals surface area contributed by atoms with Crippen LogP contribution >= 0.6 is 0 Å². The molecule has 3 unspecified atom stereocenters. The number of ketones is 1. The second-order valence-corrected chi connectivity index (χ2v) is 5.34. The highest BCUT2D eigenvalue weighted by molar-refractivity contribution is 5.88. The highest BCUT2D eigenvalue weighted by Gasteiger charge is 2.70. The minimum Gasteiger partial charge on any atom is -0.299 e. The van der Waals surface area contributed by atoms with E-state index < -0.39 is 0 Å². The van der Waals surface area contributed by atoms with Crippen molar-refractivity contribution in [2.24, 2.45) is 29.1 Å². The summed E-state index contributed by atoms with van der Waals surface area (Å²) in [5.74, 6) is 3.50. The van der Waals surface area contributed by atoms with Crippen molar-refractivity contribution in [3.05, 3.63) is 0 Å². The number of Topliss-reactive ketones (excluding diaryl/α,β-unsaturated/α-hetero) is 1. The monoisotopic (exact) mass is 164 g/mol. The van der Waals surface area contributed by atoms with Gasteiger partial charge in [-0.1, -0.05) is 13.8 Å². The fourth-order valence-electron chi connectivity index (χ4n) is 3.96. The van der Waals surface area contributed by atoms with Crippen molar-refractivity contribution < 1.29 is 4.79 Å². The number of hydrogen-bond donors (Lipinski definition) is 0. The predicted molar refractivity (Wildman–Crippen MR) is 46.6 cm³/mol. The van der Waals surface area contributed by atoms with Gasteiger partial charge in [-0.25, -0.2) is 0 Å². The van der Waals surface area contributed by atoms with Gasteiger partial charge in [-0.05, 0) is 36.0 Å². The average Bonchev–Trinajstić information content (AvgIpc) is 2.66. The van der Waals surface area contributed by atoms with Crippen LogP contribution in [0.4, 0.5) is 0 Å². The molecule has 3 rings (SSSR count). The molecule has 0 aromatic heterocycles. The van der Waals surface area contributed by atoms with Gasteiger partial charge in [0.15, 0.2) is 0 Å². The van der Waals surface area contributed by atoms with E-state index in [0.29, 0.717) is 17.1 Å². The molecule has 0 aromatic carbocycles. The summed E-state index contributed by atoms with van der Waals surface area (Å²) >= 11 is 0. The summed E-state index contributed by atoms with van der Waals surface area (Å²) in [6, 6.07) is 0. The van der Waals surface area contributed by atoms with E-state index in [-0.39, 0.29) is 0 Å². The Morgan fingerprint density at radius 2 is 2.17 bits per heavy atom. The molecule has 3 fully saturated rings. The Bertz CT molecular complexity index is 258. The summed E-state index contributed by atoms with van der Waals surface area (Å²) in [6.07, 6.45) is 3.58. The molecule has 0 N–H and O–H groups in total. The van der Waals surface area contributed by atoms with Crippen molar-refractivity contribution in [3.8, 4) is 0 Å². The highest BCUT2D eigenvalue weighted by Crippen LogP contribution is 2.71. The Kier molecular flexibility index (Phi) is 1.06.